The van der Waals surface area contributed by atoms with Gasteiger partial charge in [0.25, 0.3) is 0 Å². The largest absolute Gasteiger partial charge is 2.00 e. The maximum atomic E-state index is 8.49. The van der Waals surface area contributed by atoms with Crippen LogP contribution in [0.4, 0.5) is 0 Å². The second-order valence-electron chi connectivity index (χ2n) is 8.50. The van der Waals surface area contributed by atoms with Crippen LogP contribution in [-0.2, 0) is 17.1 Å². The number of benzene rings is 4. The third-order valence-corrected chi connectivity index (χ3v) is 5.51. The van der Waals surface area contributed by atoms with Crippen LogP contribution in [0.5, 0.6) is 0 Å². The first-order chi connectivity index (χ1) is 19.6. The van der Waals surface area contributed by atoms with Gasteiger partial charge < -0.3 is 22.9 Å². The molecule has 4 aromatic carbocycles. The van der Waals surface area contributed by atoms with Gasteiger partial charge in [0.2, 0.25) is 0 Å². The molecule has 43 heavy (non-hydrogen) atoms. The fourth-order valence-electron chi connectivity index (χ4n) is 3.53. The summed E-state index contributed by atoms with van der Waals surface area (Å²) in [4.78, 5) is 0. The molecule has 0 bridgehead atoms. The van der Waals surface area contributed by atoms with Crippen LogP contribution in [0.3, 0.4) is 0 Å². The summed E-state index contributed by atoms with van der Waals surface area (Å²) < 4.78 is 67.9. The van der Waals surface area contributed by atoms with Crippen molar-refractivity contribution < 1.29 is 74.8 Å². The van der Waals surface area contributed by atoms with Crippen molar-refractivity contribution >= 4 is 0 Å². The molecule has 4 rings (SSSR count). The first-order valence-corrected chi connectivity index (χ1v) is 14.5. The molecule has 0 saturated heterocycles. The third-order valence-electron chi connectivity index (χ3n) is 5.51. The van der Waals surface area contributed by atoms with E-state index < -0.39 is 20.5 Å². The molecule has 0 amide bonds. The zero-order valence-electron chi connectivity index (χ0n) is 22.5. The van der Waals surface area contributed by atoms with Gasteiger partial charge in [0.1, 0.15) is 0 Å². The summed E-state index contributed by atoms with van der Waals surface area (Å²) in [6.45, 7) is 0. The summed E-state index contributed by atoms with van der Waals surface area (Å²) in [6, 6.07) is 39.1. The van der Waals surface area contributed by atoms with Gasteiger partial charge in [-0.3, -0.25) is 0 Å². The second kappa shape index (κ2) is 20.5. The summed E-state index contributed by atoms with van der Waals surface area (Å²) in [5.74, 6) is 0. The Labute approximate surface area is 264 Å². The van der Waals surface area contributed by atoms with Gasteiger partial charge in [-0.25, -0.2) is 37.3 Å². The van der Waals surface area contributed by atoms with Gasteiger partial charge >= 0.3 is 17.1 Å². The van der Waals surface area contributed by atoms with Crippen LogP contribution in [0.15, 0.2) is 121 Å². The Bertz CT molecular complexity index is 1050. The van der Waals surface area contributed by atoms with Gasteiger partial charge in [0.05, 0.1) is 0 Å². The summed E-state index contributed by atoms with van der Waals surface area (Å²) in [6.07, 6.45) is 0. The summed E-state index contributed by atoms with van der Waals surface area (Å²) in [7, 11) is -9.89. The molecule has 1 radical (unpaired) electrons. The van der Waals surface area contributed by atoms with E-state index in [1.54, 1.807) is 0 Å². The minimum absolute atomic E-state index is 0. The van der Waals surface area contributed by atoms with Crippen molar-refractivity contribution in [3.05, 3.63) is 144 Å². The van der Waals surface area contributed by atoms with E-state index in [9.17, 15) is 0 Å². The smallest absolute Gasteiger partial charge is 0.322 e. The molecule has 4 atom stereocenters. The molecule has 0 aliphatic heterocycles. The normalized spacial score (nSPS) is 13.5. The Hall–Kier alpha value is -2.50. The van der Waals surface area contributed by atoms with Crippen LogP contribution in [-0.4, -0.2) is 0 Å². The molecule has 8 N–H and O–H groups in total. The van der Waals surface area contributed by atoms with Gasteiger partial charge in [-0.1, -0.05) is 121 Å². The number of rotatable bonds is 6. The Balaban J connectivity index is 0.000000617. The van der Waals surface area contributed by atoms with Crippen LogP contribution in [0, 0.1) is 20.5 Å². The molecule has 0 saturated carbocycles. The maximum Gasteiger partial charge on any atom is 2.00 e. The Morgan fingerprint density at radius 1 is 0.326 bits per heavy atom. The van der Waals surface area contributed by atoms with Crippen molar-refractivity contribution in [2.45, 2.75) is 24.2 Å². The first-order valence-electron chi connectivity index (χ1n) is 12.0. The molecule has 0 fully saturated rings. The molecule has 0 aliphatic carbocycles. The van der Waals surface area contributed by atoms with Gasteiger partial charge in [-0.05, 0) is 22.3 Å². The van der Waals surface area contributed by atoms with E-state index in [4.69, 9.17) is 60.2 Å². The van der Waals surface area contributed by atoms with Crippen molar-refractivity contribution in [2.24, 2.45) is 22.9 Å². The molecule has 12 nitrogen and oxygen atoms in total. The second-order valence-corrected chi connectivity index (χ2v) is 10.0. The molecule has 15 heteroatoms. The summed E-state index contributed by atoms with van der Waals surface area (Å²) in [5.41, 5.74) is 28.9. The first kappa shape index (κ1) is 40.5. The molecule has 237 valence electrons. The van der Waals surface area contributed by atoms with Crippen molar-refractivity contribution in [1.29, 1.82) is 0 Å². The molecule has 0 heterocycles. The van der Waals surface area contributed by atoms with E-state index in [1.807, 2.05) is 121 Å². The molecule has 0 spiro atoms. The Morgan fingerprint density at radius 3 is 0.558 bits per heavy atom. The van der Waals surface area contributed by atoms with E-state index in [-0.39, 0.29) is 41.2 Å². The summed E-state index contributed by atoms with van der Waals surface area (Å²) in [5, 5.41) is 0. The van der Waals surface area contributed by atoms with Gasteiger partial charge in [-0.15, -0.1) is 20.5 Å². The Kier molecular flexibility index (Phi) is 19.3. The molecular weight excluding hydrogens is 655 g/mol. The van der Waals surface area contributed by atoms with Crippen molar-refractivity contribution in [2.75, 3.05) is 0 Å². The van der Waals surface area contributed by atoms with E-state index >= 15 is 0 Å². The molecule has 0 aliphatic rings. The summed E-state index contributed by atoms with van der Waals surface area (Å²) >= 11 is 0. The average Bonchev–Trinajstić information content (AvgIpc) is 2.96. The van der Waals surface area contributed by atoms with E-state index in [1.165, 1.54) is 0 Å². The fourth-order valence-corrected chi connectivity index (χ4v) is 3.53. The predicted octanol–water partition coefficient (Wildman–Crippen LogP) is -4.74. The number of halogens is 2. The molecule has 0 aromatic heterocycles. The van der Waals surface area contributed by atoms with E-state index in [2.05, 4.69) is 0 Å². The van der Waals surface area contributed by atoms with Gasteiger partial charge in [0.15, 0.2) is 0 Å². The average molecular weight is 687 g/mol. The topological polar surface area (TPSA) is 289 Å². The number of hydrogen-bond acceptors (Lipinski definition) is 12. The van der Waals surface area contributed by atoms with Crippen molar-refractivity contribution in [3.63, 3.8) is 0 Å². The fraction of sp³-hybridized carbons (Fsp3) is 0.143. The zero-order chi connectivity index (χ0) is 31.8. The molecule has 4 aromatic rings. The van der Waals surface area contributed by atoms with Crippen molar-refractivity contribution in [3.8, 4) is 0 Å². The monoisotopic (exact) mass is 685 g/mol. The predicted molar refractivity (Wildman–Crippen MR) is 133 cm³/mol. The van der Waals surface area contributed by atoms with Crippen LogP contribution < -0.4 is 60.2 Å². The quantitative estimate of drug-likeness (QED) is 0.139. The zero-order valence-corrected chi connectivity index (χ0v) is 24.9. The standard InChI is InChI=1S/2C14H16N2.2ClHO4.Cu/c2*15-13(11-7-3-1-4-8-11)14(16)12-9-5-2-6-10-12;2*2-1(3,4)5;/h2*1-10,13-14H,15-16H2;2*(H,2,3,4,5);/q;;;;+2/p-2/t2*13-,14-;;;/m11.../s1. The van der Waals surface area contributed by atoms with Gasteiger partial charge in [0, 0.05) is 24.2 Å². The number of nitrogens with two attached hydrogens (primary N) is 4. The van der Waals surface area contributed by atoms with Crippen LogP contribution in [0.1, 0.15) is 46.4 Å². The minimum Gasteiger partial charge on any atom is -0.322 e. The molecular formula is C28H32Cl2CuN4O8. The van der Waals surface area contributed by atoms with Gasteiger partial charge in [-0.2, -0.15) is 0 Å². The maximum absolute atomic E-state index is 8.49. The number of hydrogen-bond donors (Lipinski definition) is 4. The van der Waals surface area contributed by atoms with Crippen LogP contribution in [0.2, 0.25) is 0 Å². The van der Waals surface area contributed by atoms with Crippen LogP contribution in [0.25, 0.3) is 0 Å². The SMILES string of the molecule is N[C@H](c1ccccc1)[C@H](N)c1ccccc1.N[C@H](c1ccccc1)[C@H](N)c1ccccc1.[Cu+2].[O-][Cl+3]([O-])([O-])[O-].[O-][Cl+3]([O-])([O-])[O-]. The minimum atomic E-state index is -4.94. The Morgan fingerprint density at radius 2 is 0.442 bits per heavy atom. The third kappa shape index (κ3) is 19.4. The molecule has 0 unspecified atom stereocenters. The van der Waals surface area contributed by atoms with E-state index in [0.717, 1.165) is 22.3 Å². The van der Waals surface area contributed by atoms with Crippen LogP contribution >= 0.6 is 0 Å². The van der Waals surface area contributed by atoms with Crippen molar-refractivity contribution in [1.82, 2.24) is 0 Å². The van der Waals surface area contributed by atoms with E-state index in [0.29, 0.717) is 0 Å².